The highest BCUT2D eigenvalue weighted by Gasteiger charge is 2.24. The molecule has 1 aliphatic rings. The molecule has 1 aromatic rings. The number of hydrogen-bond donors (Lipinski definition) is 1. The molecule has 0 radical (unpaired) electrons. The number of carbonyl (C=O) groups excluding carboxylic acids is 2. The van der Waals surface area contributed by atoms with Gasteiger partial charge in [0.2, 0.25) is 5.91 Å². The van der Waals surface area contributed by atoms with Gasteiger partial charge in [0.05, 0.1) is 5.56 Å². The second kappa shape index (κ2) is 5.92. The predicted octanol–water partition coefficient (Wildman–Crippen LogP) is 2.45. The number of nitrogens with one attached hydrogen (secondary N) is 1. The zero-order valence-corrected chi connectivity index (χ0v) is 12.8. The van der Waals surface area contributed by atoms with E-state index in [0.29, 0.717) is 34.4 Å². The molecule has 0 aromatic heterocycles. The van der Waals surface area contributed by atoms with Crippen LogP contribution in [0.3, 0.4) is 0 Å². The quantitative estimate of drug-likeness (QED) is 0.895. The first-order chi connectivity index (χ1) is 8.97. The van der Waals surface area contributed by atoms with Crippen LogP contribution in [-0.2, 0) is 4.79 Å². The third-order valence-corrected chi connectivity index (χ3v) is 4.03. The van der Waals surface area contributed by atoms with E-state index in [2.05, 4.69) is 21.2 Å². The SMILES string of the molecule is CN1CC(NC(=O)c2ccc(Cl)cc2Br)CCC1=O. The lowest BCUT2D eigenvalue weighted by molar-refractivity contribution is -0.132. The molecule has 1 saturated heterocycles. The van der Waals surface area contributed by atoms with Gasteiger partial charge in [0.15, 0.2) is 0 Å². The number of hydrogen-bond acceptors (Lipinski definition) is 2. The Kier molecular flexibility index (Phi) is 4.47. The second-order valence-electron chi connectivity index (χ2n) is 4.61. The zero-order valence-electron chi connectivity index (χ0n) is 10.5. The van der Waals surface area contributed by atoms with Crippen LogP contribution in [0.15, 0.2) is 22.7 Å². The van der Waals surface area contributed by atoms with Crippen LogP contribution in [0.4, 0.5) is 0 Å². The van der Waals surface area contributed by atoms with Gasteiger partial charge in [-0.05, 0) is 40.5 Å². The van der Waals surface area contributed by atoms with Crippen molar-refractivity contribution < 1.29 is 9.59 Å². The van der Waals surface area contributed by atoms with Crippen LogP contribution >= 0.6 is 27.5 Å². The van der Waals surface area contributed by atoms with Gasteiger partial charge in [0, 0.05) is 35.6 Å². The summed E-state index contributed by atoms with van der Waals surface area (Å²) >= 11 is 9.17. The van der Waals surface area contributed by atoms with Crippen molar-refractivity contribution in [2.24, 2.45) is 0 Å². The van der Waals surface area contributed by atoms with Gasteiger partial charge in [-0.2, -0.15) is 0 Å². The highest BCUT2D eigenvalue weighted by molar-refractivity contribution is 9.10. The summed E-state index contributed by atoms with van der Waals surface area (Å²) in [6, 6.07) is 5.04. The molecule has 1 unspecified atom stereocenters. The Bertz CT molecular complexity index is 521. The van der Waals surface area contributed by atoms with E-state index in [4.69, 9.17) is 11.6 Å². The maximum Gasteiger partial charge on any atom is 0.252 e. The van der Waals surface area contributed by atoms with E-state index >= 15 is 0 Å². The van der Waals surface area contributed by atoms with Crippen molar-refractivity contribution in [3.8, 4) is 0 Å². The van der Waals surface area contributed by atoms with Gasteiger partial charge in [-0.1, -0.05) is 11.6 Å². The number of likely N-dealkylation sites (tertiary alicyclic amines) is 1. The second-order valence-corrected chi connectivity index (χ2v) is 5.90. The summed E-state index contributed by atoms with van der Waals surface area (Å²) in [5, 5.41) is 3.52. The molecule has 0 saturated carbocycles. The molecule has 1 fully saturated rings. The van der Waals surface area contributed by atoms with Gasteiger partial charge in [0.1, 0.15) is 0 Å². The maximum absolute atomic E-state index is 12.1. The fraction of sp³-hybridized carbons (Fsp3) is 0.385. The molecule has 1 N–H and O–H groups in total. The minimum atomic E-state index is -0.156. The van der Waals surface area contributed by atoms with Gasteiger partial charge in [0.25, 0.3) is 5.91 Å². The Balaban J connectivity index is 2.03. The van der Waals surface area contributed by atoms with E-state index < -0.39 is 0 Å². The summed E-state index contributed by atoms with van der Waals surface area (Å²) in [5.74, 6) is -0.0329. The Morgan fingerprint density at radius 2 is 2.26 bits per heavy atom. The first-order valence-corrected chi connectivity index (χ1v) is 7.14. The average molecular weight is 346 g/mol. The molecule has 0 bridgehead atoms. The van der Waals surface area contributed by atoms with Crippen LogP contribution in [0.2, 0.25) is 5.02 Å². The molecule has 1 heterocycles. The molecule has 1 aliphatic heterocycles. The maximum atomic E-state index is 12.1. The predicted molar refractivity (Wildman–Crippen MR) is 77.3 cm³/mol. The Morgan fingerprint density at radius 1 is 1.53 bits per heavy atom. The summed E-state index contributed by atoms with van der Waals surface area (Å²) in [7, 11) is 1.75. The first kappa shape index (κ1) is 14.3. The Labute approximate surface area is 125 Å². The smallest absolute Gasteiger partial charge is 0.252 e. The largest absolute Gasteiger partial charge is 0.347 e. The van der Waals surface area contributed by atoms with Crippen LogP contribution in [0.5, 0.6) is 0 Å². The van der Waals surface area contributed by atoms with Crippen molar-refractivity contribution in [3.63, 3.8) is 0 Å². The average Bonchev–Trinajstić information content (AvgIpc) is 2.33. The molecule has 102 valence electrons. The van der Waals surface area contributed by atoms with E-state index in [-0.39, 0.29) is 17.9 Å². The molecule has 6 heteroatoms. The van der Waals surface area contributed by atoms with Gasteiger partial charge < -0.3 is 10.2 Å². The third kappa shape index (κ3) is 3.48. The summed E-state index contributed by atoms with van der Waals surface area (Å²) in [6.45, 7) is 0.551. The van der Waals surface area contributed by atoms with Crippen molar-refractivity contribution in [2.45, 2.75) is 18.9 Å². The summed E-state index contributed by atoms with van der Waals surface area (Å²) in [4.78, 5) is 25.2. The van der Waals surface area contributed by atoms with E-state index in [9.17, 15) is 9.59 Å². The van der Waals surface area contributed by atoms with E-state index in [1.165, 1.54) is 0 Å². The lowest BCUT2D eigenvalue weighted by atomic mass is 10.1. The number of likely N-dealkylation sites (N-methyl/N-ethyl adjacent to an activating group) is 1. The van der Waals surface area contributed by atoms with Crippen LogP contribution in [0.25, 0.3) is 0 Å². The number of benzene rings is 1. The molecular weight excluding hydrogens is 332 g/mol. The Hall–Kier alpha value is -1.07. The first-order valence-electron chi connectivity index (χ1n) is 5.97. The van der Waals surface area contributed by atoms with Gasteiger partial charge in [-0.15, -0.1) is 0 Å². The highest BCUT2D eigenvalue weighted by atomic mass is 79.9. The van der Waals surface area contributed by atoms with Crippen LogP contribution < -0.4 is 5.32 Å². The summed E-state index contributed by atoms with van der Waals surface area (Å²) < 4.78 is 0.665. The third-order valence-electron chi connectivity index (χ3n) is 3.14. The highest BCUT2D eigenvalue weighted by Crippen LogP contribution is 2.22. The van der Waals surface area contributed by atoms with Crippen molar-refractivity contribution in [3.05, 3.63) is 33.3 Å². The lowest BCUT2D eigenvalue weighted by Crippen LogP contribution is -2.48. The standard InChI is InChI=1S/C13H14BrClN2O2/c1-17-7-9(3-5-12(17)18)16-13(19)10-4-2-8(15)6-11(10)14/h2,4,6,9H,3,5,7H2,1H3,(H,16,19). The minimum absolute atomic E-state index is 0.00206. The van der Waals surface area contributed by atoms with Gasteiger partial charge >= 0.3 is 0 Å². The minimum Gasteiger partial charge on any atom is -0.347 e. The van der Waals surface area contributed by atoms with Crippen molar-refractivity contribution in [1.82, 2.24) is 10.2 Å². The molecule has 1 atom stereocenters. The molecular formula is C13H14BrClN2O2. The number of carbonyl (C=O) groups is 2. The number of nitrogens with zero attached hydrogens (tertiary/aromatic N) is 1. The number of rotatable bonds is 2. The normalized spacial score (nSPS) is 19.4. The van der Waals surface area contributed by atoms with E-state index in [1.54, 1.807) is 30.1 Å². The van der Waals surface area contributed by atoms with Crippen LogP contribution in [0.1, 0.15) is 23.2 Å². The zero-order chi connectivity index (χ0) is 14.0. The van der Waals surface area contributed by atoms with Gasteiger partial charge in [-0.25, -0.2) is 0 Å². The monoisotopic (exact) mass is 344 g/mol. The lowest BCUT2D eigenvalue weighted by Gasteiger charge is -2.30. The molecule has 19 heavy (non-hydrogen) atoms. The van der Waals surface area contributed by atoms with Gasteiger partial charge in [-0.3, -0.25) is 9.59 Å². The van der Waals surface area contributed by atoms with E-state index in [0.717, 1.165) is 0 Å². The molecule has 0 spiro atoms. The Morgan fingerprint density at radius 3 is 2.89 bits per heavy atom. The molecule has 0 aliphatic carbocycles. The van der Waals surface area contributed by atoms with Crippen molar-refractivity contribution >= 4 is 39.3 Å². The number of amides is 2. The van der Waals surface area contributed by atoms with Crippen LogP contribution in [0, 0.1) is 0 Å². The van der Waals surface area contributed by atoms with Crippen LogP contribution in [-0.4, -0.2) is 36.3 Å². The molecule has 4 nitrogen and oxygen atoms in total. The van der Waals surface area contributed by atoms with Crippen molar-refractivity contribution in [1.29, 1.82) is 0 Å². The summed E-state index contributed by atoms with van der Waals surface area (Å²) in [6.07, 6.45) is 1.16. The fourth-order valence-electron chi connectivity index (χ4n) is 2.07. The molecule has 2 rings (SSSR count). The topological polar surface area (TPSA) is 49.4 Å². The van der Waals surface area contributed by atoms with E-state index in [1.807, 2.05) is 0 Å². The molecule has 2 amide bonds. The summed E-state index contributed by atoms with van der Waals surface area (Å²) in [5.41, 5.74) is 0.545. The van der Waals surface area contributed by atoms with Crippen molar-refractivity contribution in [2.75, 3.05) is 13.6 Å². The fourth-order valence-corrected chi connectivity index (χ4v) is 2.93. The number of piperidine rings is 1. The number of halogens is 2. The molecule has 1 aromatic carbocycles.